The van der Waals surface area contributed by atoms with Crippen molar-refractivity contribution in [3.8, 4) is 0 Å². The third kappa shape index (κ3) is 4.93. The Hall–Kier alpha value is -1.74. The first-order valence-electron chi connectivity index (χ1n) is 6.35. The molecule has 0 rings (SSSR count). The molecule has 0 fully saturated rings. The summed E-state index contributed by atoms with van der Waals surface area (Å²) in [6.45, 7) is 0. The molecule has 0 saturated carbocycles. The predicted molar refractivity (Wildman–Crippen MR) is 53.2 cm³/mol. The minimum atomic E-state index is -8.74. The largest absolute Gasteiger partial charge is 0.527 e. The second-order valence-electron chi connectivity index (χ2n) is 5.07. The van der Waals surface area contributed by atoms with Gasteiger partial charge in [-0.3, -0.25) is 0 Å². The van der Waals surface area contributed by atoms with E-state index in [1.165, 1.54) is 4.74 Å². The van der Waals surface area contributed by atoms with Gasteiger partial charge in [0.1, 0.15) is 0 Å². The van der Waals surface area contributed by atoms with Crippen LogP contribution in [0.1, 0.15) is 0 Å². The zero-order valence-corrected chi connectivity index (χ0v) is 13.4. The highest BCUT2D eigenvalue weighted by molar-refractivity contribution is 5.10. The third-order valence-electron chi connectivity index (χ3n) is 2.84. The lowest BCUT2D eigenvalue weighted by atomic mass is 9.97. The molecule has 0 aliphatic carbocycles. The van der Waals surface area contributed by atoms with Crippen LogP contribution in [-0.2, 0) is 9.47 Å². The summed E-state index contributed by atoms with van der Waals surface area (Å²) in [4.78, 5) is 0. The lowest BCUT2D eigenvalue weighted by Gasteiger charge is -2.40. The molecular formula is C10F20O2. The maximum atomic E-state index is 13.2. The van der Waals surface area contributed by atoms with E-state index < -0.39 is 60.3 Å². The molecule has 0 aromatic heterocycles. The van der Waals surface area contributed by atoms with Crippen molar-refractivity contribution in [2.75, 3.05) is 0 Å². The topological polar surface area (TPSA) is 18.5 Å². The van der Waals surface area contributed by atoms with Crippen molar-refractivity contribution in [1.29, 1.82) is 0 Å². The minimum Gasteiger partial charge on any atom is -0.244 e. The summed E-state index contributed by atoms with van der Waals surface area (Å²) < 4.78 is 254. The molecule has 0 N–H and O–H groups in total. The van der Waals surface area contributed by atoms with Crippen LogP contribution >= 0.6 is 0 Å². The van der Waals surface area contributed by atoms with Crippen LogP contribution in [0.25, 0.3) is 0 Å². The number of rotatable bonds is 9. The van der Waals surface area contributed by atoms with E-state index in [-0.39, 0.29) is 0 Å². The fraction of sp³-hybridized carbons (Fsp3) is 0.800. The fourth-order valence-electron chi connectivity index (χ4n) is 1.35. The maximum Gasteiger partial charge on any atom is 0.527 e. The van der Waals surface area contributed by atoms with Gasteiger partial charge in [-0.15, -0.1) is 13.2 Å². The lowest BCUT2D eigenvalue weighted by molar-refractivity contribution is -0.518. The van der Waals surface area contributed by atoms with E-state index in [1.807, 2.05) is 0 Å². The standard InChI is InChI=1S/C10F20O2/c11-1(2(12)13)3(14,15)31-8(24,25)6(20,21)4(16,17)5(18,19)7(22,23)9(26,27)32-10(28,29)30. The van der Waals surface area contributed by atoms with Crippen LogP contribution in [0.3, 0.4) is 0 Å². The first-order chi connectivity index (χ1) is 13.5. The van der Waals surface area contributed by atoms with Crippen LogP contribution in [0.2, 0.25) is 0 Å². The molecule has 32 heavy (non-hydrogen) atoms. The van der Waals surface area contributed by atoms with Crippen molar-refractivity contribution < 1.29 is 97.3 Å². The monoisotopic (exact) mass is 532 g/mol. The van der Waals surface area contributed by atoms with E-state index in [0.29, 0.717) is 0 Å². The highest BCUT2D eigenvalue weighted by Crippen LogP contribution is 2.61. The van der Waals surface area contributed by atoms with Gasteiger partial charge >= 0.3 is 54.5 Å². The molecule has 0 atom stereocenters. The molecule has 0 aromatic rings. The Morgan fingerprint density at radius 1 is 0.406 bits per heavy atom. The molecule has 22 heteroatoms. The Balaban J connectivity index is 6.52. The van der Waals surface area contributed by atoms with Crippen molar-refractivity contribution in [2.24, 2.45) is 0 Å². The molecule has 0 aliphatic heterocycles. The van der Waals surface area contributed by atoms with Gasteiger partial charge in [-0.2, -0.15) is 74.6 Å². The summed E-state index contributed by atoms with van der Waals surface area (Å²) in [7, 11) is 0. The van der Waals surface area contributed by atoms with E-state index in [0.717, 1.165) is 4.74 Å². The Morgan fingerprint density at radius 2 is 0.688 bits per heavy atom. The highest BCUT2D eigenvalue weighted by atomic mass is 19.4. The minimum absolute atomic E-state index is 1.09. The quantitative estimate of drug-likeness (QED) is 0.300. The van der Waals surface area contributed by atoms with Crippen molar-refractivity contribution >= 4 is 0 Å². The fourth-order valence-corrected chi connectivity index (χ4v) is 1.35. The lowest BCUT2D eigenvalue weighted by Crippen LogP contribution is -2.72. The van der Waals surface area contributed by atoms with Gasteiger partial charge in [-0.25, -0.2) is 9.47 Å². The smallest absolute Gasteiger partial charge is 0.244 e. The number of alkyl halides is 17. The molecule has 0 saturated heterocycles. The second-order valence-corrected chi connectivity index (χ2v) is 5.07. The molecular weight excluding hydrogens is 532 g/mol. The van der Waals surface area contributed by atoms with Gasteiger partial charge in [-0.05, 0) is 0 Å². The Morgan fingerprint density at radius 3 is 0.938 bits per heavy atom. The van der Waals surface area contributed by atoms with Crippen molar-refractivity contribution in [1.82, 2.24) is 0 Å². The van der Waals surface area contributed by atoms with E-state index >= 15 is 0 Å². The van der Waals surface area contributed by atoms with E-state index in [1.54, 1.807) is 0 Å². The van der Waals surface area contributed by atoms with Crippen LogP contribution in [0.15, 0.2) is 11.9 Å². The van der Waals surface area contributed by atoms with Gasteiger partial charge in [0.15, 0.2) is 0 Å². The number of hydrogen-bond donors (Lipinski definition) is 0. The summed E-state index contributed by atoms with van der Waals surface area (Å²) >= 11 is 0. The van der Waals surface area contributed by atoms with Gasteiger partial charge in [0.05, 0.1) is 0 Å². The zero-order chi connectivity index (χ0) is 26.6. The molecule has 0 spiro atoms. The number of halogens is 20. The van der Waals surface area contributed by atoms with E-state index in [2.05, 4.69) is 0 Å². The third-order valence-corrected chi connectivity index (χ3v) is 2.84. The molecule has 0 amide bonds. The van der Waals surface area contributed by atoms with Crippen molar-refractivity contribution in [2.45, 2.75) is 48.4 Å². The average Bonchev–Trinajstić information content (AvgIpc) is 2.49. The predicted octanol–water partition coefficient (Wildman–Crippen LogP) is 6.94. The molecule has 192 valence electrons. The van der Waals surface area contributed by atoms with Crippen LogP contribution in [-0.4, -0.2) is 48.4 Å². The van der Waals surface area contributed by atoms with Crippen LogP contribution in [0.4, 0.5) is 87.8 Å². The molecule has 0 radical (unpaired) electrons. The van der Waals surface area contributed by atoms with Gasteiger partial charge < -0.3 is 0 Å². The molecule has 0 aromatic carbocycles. The summed E-state index contributed by atoms with van der Waals surface area (Å²) in [6, 6.07) is 0. The molecule has 0 unspecified atom stereocenters. The Bertz CT molecular complexity index is 712. The van der Waals surface area contributed by atoms with Crippen LogP contribution < -0.4 is 0 Å². The molecule has 2 nitrogen and oxygen atoms in total. The molecule has 0 heterocycles. The van der Waals surface area contributed by atoms with Gasteiger partial charge in [0.25, 0.3) is 5.83 Å². The van der Waals surface area contributed by atoms with E-state index in [9.17, 15) is 87.8 Å². The van der Waals surface area contributed by atoms with Crippen LogP contribution in [0.5, 0.6) is 0 Å². The first kappa shape index (κ1) is 30.3. The summed E-state index contributed by atoms with van der Waals surface area (Å²) in [5.74, 6) is -38.9. The van der Waals surface area contributed by atoms with E-state index in [4.69, 9.17) is 0 Å². The van der Waals surface area contributed by atoms with Gasteiger partial charge in [0, 0.05) is 0 Å². The zero-order valence-electron chi connectivity index (χ0n) is 13.4. The normalized spacial score (nSPS) is 15.8. The summed E-state index contributed by atoms with van der Waals surface area (Å²) in [5.41, 5.74) is 0. The Kier molecular flexibility index (Phi) is 7.51. The number of hydrogen-bond acceptors (Lipinski definition) is 2. The maximum absolute atomic E-state index is 13.2. The van der Waals surface area contributed by atoms with Gasteiger partial charge in [0.2, 0.25) is 0 Å². The summed E-state index contributed by atoms with van der Waals surface area (Å²) in [6.07, 6.45) is -34.4. The van der Waals surface area contributed by atoms with Crippen molar-refractivity contribution in [3.63, 3.8) is 0 Å². The molecule has 0 aliphatic rings. The van der Waals surface area contributed by atoms with Gasteiger partial charge in [-0.1, -0.05) is 0 Å². The van der Waals surface area contributed by atoms with Crippen LogP contribution in [0, 0.1) is 0 Å². The first-order valence-corrected chi connectivity index (χ1v) is 6.35. The average molecular weight is 532 g/mol. The summed E-state index contributed by atoms with van der Waals surface area (Å²) in [5, 5.41) is 0. The molecule has 0 bridgehead atoms. The SMILES string of the molecule is FC(F)=C(F)C(F)(F)OC(F)(F)C(F)(F)C(F)(F)C(F)(F)C(F)(F)C(F)(F)OC(F)(F)F. The number of ether oxygens (including phenoxy) is 2. The second kappa shape index (κ2) is 7.94. The Labute approximate surface area is 159 Å². The highest BCUT2D eigenvalue weighted by Gasteiger charge is 2.92. The van der Waals surface area contributed by atoms with Crippen molar-refractivity contribution in [3.05, 3.63) is 11.9 Å².